The molecule has 0 heterocycles. The van der Waals surface area contributed by atoms with E-state index in [9.17, 15) is 18.0 Å². The highest BCUT2D eigenvalue weighted by Gasteiger charge is 2.25. The zero-order valence-corrected chi connectivity index (χ0v) is 23.9. The van der Waals surface area contributed by atoms with E-state index >= 15 is 0 Å². The molecule has 0 aliphatic carbocycles. The van der Waals surface area contributed by atoms with Crippen LogP contribution in [-0.2, 0) is 26.3 Å². The van der Waals surface area contributed by atoms with Gasteiger partial charge in [0.05, 0.1) is 0 Å². The lowest BCUT2D eigenvalue weighted by molar-refractivity contribution is -0.134. The quantitative estimate of drug-likeness (QED) is 0.346. The van der Waals surface area contributed by atoms with Gasteiger partial charge in [0.1, 0.15) is 10.6 Å². The van der Waals surface area contributed by atoms with Gasteiger partial charge in [-0.05, 0) is 63.4 Å². The molecule has 2 aromatic rings. The maximum atomic E-state index is 13.3. The van der Waals surface area contributed by atoms with Crippen LogP contribution in [0.5, 0.6) is 5.75 Å². The van der Waals surface area contributed by atoms with E-state index in [1.165, 1.54) is 31.2 Å². The predicted molar refractivity (Wildman–Crippen MR) is 148 cm³/mol. The van der Waals surface area contributed by atoms with Crippen LogP contribution in [0, 0.1) is 5.92 Å². The smallest absolute Gasteiger partial charge is 0.339 e. The summed E-state index contributed by atoms with van der Waals surface area (Å²) in [5, 5.41) is 2.62. The standard InChI is InChI=1S/C28H41N3O5S/c1-8-21(6)31(28(33)17-20(4)5)19-23-11-14-25(30(9-2)10-3)18-27(23)36-37(34,35)26-15-12-24(13-16-26)29-22(7)32/h11-16,18,20-21H,8-10,17,19H2,1-7H3,(H,29,32). The molecule has 9 heteroatoms. The maximum absolute atomic E-state index is 13.3. The average molecular weight is 532 g/mol. The van der Waals surface area contributed by atoms with Gasteiger partial charge in [-0.1, -0.05) is 26.8 Å². The number of benzene rings is 2. The highest BCUT2D eigenvalue weighted by atomic mass is 32.2. The van der Waals surface area contributed by atoms with Crippen molar-refractivity contribution < 1.29 is 22.2 Å². The number of anilines is 2. The molecule has 0 radical (unpaired) electrons. The van der Waals surface area contributed by atoms with Crippen LogP contribution in [0.1, 0.15) is 66.9 Å². The first-order valence-electron chi connectivity index (χ1n) is 12.9. The summed E-state index contributed by atoms with van der Waals surface area (Å²) in [7, 11) is -4.17. The van der Waals surface area contributed by atoms with E-state index in [1.54, 1.807) is 11.0 Å². The highest BCUT2D eigenvalue weighted by molar-refractivity contribution is 7.87. The van der Waals surface area contributed by atoms with E-state index in [4.69, 9.17) is 4.18 Å². The van der Waals surface area contributed by atoms with Gasteiger partial charge in [-0.15, -0.1) is 0 Å². The molecule has 0 aliphatic heterocycles. The molecule has 0 bridgehead atoms. The Kier molecular flexibility index (Phi) is 11.0. The van der Waals surface area contributed by atoms with Gasteiger partial charge in [-0.25, -0.2) is 0 Å². The van der Waals surface area contributed by atoms with Gasteiger partial charge in [-0.2, -0.15) is 8.42 Å². The molecule has 0 saturated carbocycles. The Bertz CT molecular complexity index is 1160. The number of hydrogen-bond donors (Lipinski definition) is 1. The molecule has 8 nitrogen and oxygen atoms in total. The summed E-state index contributed by atoms with van der Waals surface area (Å²) in [6.45, 7) is 15.2. The minimum Gasteiger partial charge on any atom is -0.379 e. The molecule has 0 fully saturated rings. The Morgan fingerprint density at radius 3 is 2.11 bits per heavy atom. The van der Waals surface area contributed by atoms with E-state index in [0.717, 1.165) is 25.2 Å². The summed E-state index contributed by atoms with van der Waals surface area (Å²) in [6.07, 6.45) is 1.19. The van der Waals surface area contributed by atoms with Crippen LogP contribution in [0.15, 0.2) is 47.4 Å². The zero-order chi connectivity index (χ0) is 27.8. The molecule has 1 unspecified atom stereocenters. The van der Waals surface area contributed by atoms with Crippen molar-refractivity contribution in [2.75, 3.05) is 23.3 Å². The molecular weight excluding hydrogens is 490 g/mol. The molecular formula is C28H41N3O5S. The van der Waals surface area contributed by atoms with Crippen LogP contribution < -0.4 is 14.4 Å². The van der Waals surface area contributed by atoms with Crippen molar-refractivity contribution in [3.05, 3.63) is 48.0 Å². The second kappa shape index (κ2) is 13.5. The largest absolute Gasteiger partial charge is 0.379 e. The van der Waals surface area contributed by atoms with Crippen LogP contribution in [0.25, 0.3) is 0 Å². The van der Waals surface area contributed by atoms with Gasteiger partial charge in [0, 0.05) is 62.0 Å². The van der Waals surface area contributed by atoms with Crippen molar-refractivity contribution in [1.29, 1.82) is 0 Å². The van der Waals surface area contributed by atoms with E-state index < -0.39 is 10.1 Å². The number of hydrogen-bond acceptors (Lipinski definition) is 6. The van der Waals surface area contributed by atoms with Crippen molar-refractivity contribution in [3.63, 3.8) is 0 Å². The molecule has 0 aliphatic rings. The number of nitrogens with zero attached hydrogens (tertiary/aromatic N) is 2. The van der Waals surface area contributed by atoms with E-state index in [0.29, 0.717) is 17.7 Å². The summed E-state index contributed by atoms with van der Waals surface area (Å²) < 4.78 is 32.2. The van der Waals surface area contributed by atoms with Crippen LogP contribution in [0.2, 0.25) is 0 Å². The fourth-order valence-corrected chi connectivity index (χ4v) is 4.93. The first-order chi connectivity index (χ1) is 17.4. The van der Waals surface area contributed by atoms with Gasteiger partial charge in [-0.3, -0.25) is 9.59 Å². The number of rotatable bonds is 13. The summed E-state index contributed by atoms with van der Waals surface area (Å²) >= 11 is 0. The lowest BCUT2D eigenvalue weighted by atomic mass is 10.1. The minimum absolute atomic E-state index is 0.0144. The number of carbonyl (C=O) groups is 2. The van der Waals surface area contributed by atoms with Crippen LogP contribution in [-0.4, -0.2) is 44.3 Å². The summed E-state index contributed by atoms with van der Waals surface area (Å²) in [5.41, 5.74) is 1.94. The molecule has 1 atom stereocenters. The van der Waals surface area contributed by atoms with E-state index in [1.807, 2.05) is 53.7 Å². The fraction of sp³-hybridized carbons (Fsp3) is 0.500. The second-order valence-electron chi connectivity index (χ2n) is 9.58. The molecule has 2 aromatic carbocycles. The summed E-state index contributed by atoms with van der Waals surface area (Å²) in [4.78, 5) is 28.2. The Morgan fingerprint density at radius 1 is 0.973 bits per heavy atom. The monoisotopic (exact) mass is 531 g/mol. The van der Waals surface area contributed by atoms with Gasteiger partial charge >= 0.3 is 10.1 Å². The third-order valence-electron chi connectivity index (χ3n) is 6.21. The molecule has 2 amide bonds. The lowest BCUT2D eigenvalue weighted by Crippen LogP contribution is -2.38. The first-order valence-corrected chi connectivity index (χ1v) is 14.3. The molecule has 0 saturated heterocycles. The maximum Gasteiger partial charge on any atom is 0.339 e. The predicted octanol–water partition coefficient (Wildman–Crippen LogP) is 5.43. The molecule has 37 heavy (non-hydrogen) atoms. The van der Waals surface area contributed by atoms with Gasteiger partial charge in [0.25, 0.3) is 0 Å². The van der Waals surface area contributed by atoms with Gasteiger partial charge in [0.2, 0.25) is 11.8 Å². The third kappa shape index (κ3) is 8.49. The van der Waals surface area contributed by atoms with Crippen LogP contribution in [0.4, 0.5) is 11.4 Å². The number of nitrogens with one attached hydrogen (secondary N) is 1. The van der Waals surface area contributed by atoms with E-state index in [-0.39, 0.29) is 41.0 Å². The number of carbonyl (C=O) groups excluding carboxylic acids is 2. The van der Waals surface area contributed by atoms with Crippen LogP contribution >= 0.6 is 0 Å². The van der Waals surface area contributed by atoms with Gasteiger partial charge in [0.15, 0.2) is 0 Å². The average Bonchev–Trinajstić information content (AvgIpc) is 2.83. The van der Waals surface area contributed by atoms with Crippen molar-refractivity contribution in [1.82, 2.24) is 4.90 Å². The Hall–Kier alpha value is -3.07. The molecule has 0 aromatic heterocycles. The van der Waals surface area contributed by atoms with Crippen molar-refractivity contribution in [2.24, 2.45) is 5.92 Å². The van der Waals surface area contributed by atoms with Gasteiger partial charge < -0.3 is 19.3 Å². The third-order valence-corrected chi connectivity index (χ3v) is 7.46. The lowest BCUT2D eigenvalue weighted by Gasteiger charge is -2.30. The Balaban J connectivity index is 2.49. The molecule has 2 rings (SSSR count). The minimum atomic E-state index is -4.17. The molecule has 0 spiro atoms. The summed E-state index contributed by atoms with van der Waals surface area (Å²) in [6, 6.07) is 11.3. The van der Waals surface area contributed by atoms with Crippen molar-refractivity contribution >= 4 is 33.3 Å². The van der Waals surface area contributed by atoms with Crippen molar-refractivity contribution in [2.45, 2.75) is 78.8 Å². The Labute approximate surface area is 222 Å². The van der Waals surface area contributed by atoms with Crippen molar-refractivity contribution in [3.8, 4) is 5.75 Å². The molecule has 1 N–H and O–H groups in total. The normalized spacial score (nSPS) is 12.2. The summed E-state index contributed by atoms with van der Waals surface area (Å²) in [5.74, 6) is 0.184. The van der Waals surface area contributed by atoms with Crippen LogP contribution in [0.3, 0.4) is 0 Å². The zero-order valence-electron chi connectivity index (χ0n) is 23.1. The fourth-order valence-electron chi connectivity index (χ4n) is 3.97. The molecule has 204 valence electrons. The van der Waals surface area contributed by atoms with E-state index in [2.05, 4.69) is 10.2 Å². The topological polar surface area (TPSA) is 96.0 Å². The number of amides is 2. The Morgan fingerprint density at radius 2 is 1.59 bits per heavy atom. The SMILES string of the molecule is CCC(C)N(Cc1ccc(N(CC)CC)cc1OS(=O)(=O)c1ccc(NC(C)=O)cc1)C(=O)CC(C)C. The first kappa shape index (κ1) is 30.2. The second-order valence-corrected chi connectivity index (χ2v) is 11.1. The highest BCUT2D eigenvalue weighted by Crippen LogP contribution is 2.31.